The average molecular weight is 496 g/mol. The average Bonchev–Trinajstić information content (AvgIpc) is 3.40. The first kappa shape index (κ1) is 23.1. The Morgan fingerprint density at radius 1 is 0.943 bits per heavy atom. The third-order valence-corrected chi connectivity index (χ3v) is 8.38. The van der Waals surface area contributed by atoms with E-state index < -0.39 is 33.9 Å². The molecule has 1 aromatic heterocycles. The summed E-state index contributed by atoms with van der Waals surface area (Å²) in [6, 6.07) is 14.5. The number of rotatable bonds is 6. The maximum Gasteiger partial charge on any atom is 0.325 e. The second kappa shape index (κ2) is 9.16. The van der Waals surface area contributed by atoms with Crippen molar-refractivity contribution in [2.75, 3.05) is 32.7 Å². The van der Waals surface area contributed by atoms with Crippen molar-refractivity contribution in [3.05, 3.63) is 66.4 Å². The third kappa shape index (κ3) is 4.40. The summed E-state index contributed by atoms with van der Waals surface area (Å²) in [4.78, 5) is 44.0. The van der Waals surface area contributed by atoms with E-state index in [2.05, 4.69) is 10.3 Å². The van der Waals surface area contributed by atoms with Crippen LogP contribution in [0.2, 0.25) is 0 Å². The Hall–Kier alpha value is -3.70. The molecule has 182 valence electrons. The molecule has 0 bridgehead atoms. The molecule has 2 N–H and O–H groups in total. The van der Waals surface area contributed by atoms with Crippen molar-refractivity contribution in [2.45, 2.75) is 17.4 Å². The van der Waals surface area contributed by atoms with Gasteiger partial charge in [0.05, 0.1) is 4.90 Å². The van der Waals surface area contributed by atoms with Crippen LogP contribution in [0.1, 0.15) is 5.56 Å². The molecular formula is C24H25N5O5S. The molecule has 0 unspecified atom stereocenters. The summed E-state index contributed by atoms with van der Waals surface area (Å²) in [6.07, 6.45) is 2.14. The minimum absolute atomic E-state index is 0.145. The van der Waals surface area contributed by atoms with E-state index in [4.69, 9.17) is 0 Å². The van der Waals surface area contributed by atoms with Crippen molar-refractivity contribution in [3.8, 4) is 0 Å². The number of para-hydroxylation sites is 1. The number of piperazine rings is 1. The van der Waals surface area contributed by atoms with E-state index in [1.165, 1.54) is 21.3 Å². The van der Waals surface area contributed by atoms with Gasteiger partial charge in [0.2, 0.25) is 15.9 Å². The van der Waals surface area contributed by atoms with Gasteiger partial charge in [-0.05, 0) is 23.8 Å². The van der Waals surface area contributed by atoms with Gasteiger partial charge in [-0.2, -0.15) is 4.31 Å². The molecule has 10 nitrogen and oxygen atoms in total. The Morgan fingerprint density at radius 3 is 2.37 bits per heavy atom. The first-order chi connectivity index (χ1) is 16.8. The molecule has 4 amide bonds. The van der Waals surface area contributed by atoms with Crippen molar-refractivity contribution >= 4 is 38.8 Å². The first-order valence-corrected chi connectivity index (χ1v) is 12.8. The number of fused-ring (bicyclic) bond motifs is 1. The van der Waals surface area contributed by atoms with Gasteiger partial charge >= 0.3 is 6.03 Å². The summed E-state index contributed by atoms with van der Waals surface area (Å²) < 4.78 is 26.9. The van der Waals surface area contributed by atoms with Crippen LogP contribution in [0.3, 0.4) is 0 Å². The van der Waals surface area contributed by atoms with Gasteiger partial charge in [-0.1, -0.05) is 36.4 Å². The Balaban J connectivity index is 1.19. The van der Waals surface area contributed by atoms with Crippen LogP contribution in [-0.2, 0) is 26.0 Å². The minimum atomic E-state index is -3.63. The van der Waals surface area contributed by atoms with Crippen LogP contribution in [0.25, 0.3) is 10.9 Å². The molecule has 35 heavy (non-hydrogen) atoms. The fourth-order valence-electron chi connectivity index (χ4n) is 4.54. The van der Waals surface area contributed by atoms with Crippen molar-refractivity contribution in [1.82, 2.24) is 24.4 Å². The molecule has 3 aromatic rings. The number of imide groups is 1. The van der Waals surface area contributed by atoms with Crippen molar-refractivity contribution in [3.63, 3.8) is 0 Å². The largest absolute Gasteiger partial charge is 0.361 e. The summed E-state index contributed by atoms with van der Waals surface area (Å²) in [5.41, 5.74) is 1.85. The zero-order valence-electron chi connectivity index (χ0n) is 18.9. The highest BCUT2D eigenvalue weighted by Gasteiger charge is 2.40. The van der Waals surface area contributed by atoms with Gasteiger partial charge in [0.1, 0.15) is 12.6 Å². The van der Waals surface area contributed by atoms with Crippen LogP contribution in [0, 0.1) is 0 Å². The van der Waals surface area contributed by atoms with Crippen molar-refractivity contribution in [2.24, 2.45) is 0 Å². The van der Waals surface area contributed by atoms with Gasteiger partial charge in [0.25, 0.3) is 5.91 Å². The molecule has 0 spiro atoms. The van der Waals surface area contributed by atoms with Crippen LogP contribution in [-0.4, -0.2) is 84.1 Å². The number of carbonyl (C=O) groups is 3. The number of aromatic nitrogens is 1. The molecule has 0 saturated carbocycles. The lowest BCUT2D eigenvalue weighted by Gasteiger charge is -2.34. The lowest BCUT2D eigenvalue weighted by Crippen LogP contribution is -2.53. The van der Waals surface area contributed by atoms with Crippen molar-refractivity contribution < 1.29 is 22.8 Å². The summed E-state index contributed by atoms with van der Waals surface area (Å²) in [5.74, 6) is -0.836. The van der Waals surface area contributed by atoms with E-state index >= 15 is 0 Å². The number of benzene rings is 2. The van der Waals surface area contributed by atoms with Crippen molar-refractivity contribution in [1.29, 1.82) is 0 Å². The number of aromatic amines is 1. The van der Waals surface area contributed by atoms with Gasteiger partial charge in [-0.3, -0.25) is 14.5 Å². The van der Waals surface area contributed by atoms with Crippen LogP contribution in [0.15, 0.2) is 65.7 Å². The van der Waals surface area contributed by atoms with Gasteiger partial charge in [-0.25, -0.2) is 13.2 Å². The molecule has 2 aliphatic rings. The summed E-state index contributed by atoms with van der Waals surface area (Å²) >= 11 is 0. The van der Waals surface area contributed by atoms with Gasteiger partial charge in [0.15, 0.2) is 0 Å². The standard InChI is InChI=1S/C24H25N5O5S/c30-22(27-10-12-28(13-11-27)35(33,34)18-6-2-1-3-7-18)16-29-23(31)21(26-24(29)32)14-17-15-25-20-9-5-4-8-19(17)20/h1-9,15,21,25H,10-14,16H2,(H,26,32)/t21-/m0/s1. The number of sulfonamides is 1. The Kier molecular flexibility index (Phi) is 6.03. The quantitative estimate of drug-likeness (QED) is 0.497. The number of nitrogens with one attached hydrogen (secondary N) is 2. The maximum atomic E-state index is 12.9. The van der Waals surface area contributed by atoms with Gasteiger partial charge < -0.3 is 15.2 Å². The predicted molar refractivity (Wildman–Crippen MR) is 128 cm³/mol. The molecule has 1 atom stereocenters. The highest BCUT2D eigenvalue weighted by molar-refractivity contribution is 7.89. The normalized spacial score (nSPS) is 19.4. The second-order valence-corrected chi connectivity index (χ2v) is 10.5. The predicted octanol–water partition coefficient (Wildman–Crippen LogP) is 1.16. The zero-order valence-corrected chi connectivity index (χ0v) is 19.7. The number of H-pyrrole nitrogens is 1. The van der Waals surface area contributed by atoms with E-state index in [1.54, 1.807) is 18.2 Å². The number of carbonyl (C=O) groups excluding carboxylic acids is 3. The molecule has 0 radical (unpaired) electrons. The molecule has 5 rings (SSSR count). The molecule has 0 aliphatic carbocycles. The second-order valence-electron chi connectivity index (χ2n) is 8.59. The molecule has 3 heterocycles. The monoisotopic (exact) mass is 495 g/mol. The topological polar surface area (TPSA) is 123 Å². The van der Waals surface area contributed by atoms with Gasteiger partial charge in [0, 0.05) is 49.7 Å². The Bertz CT molecular complexity index is 1380. The van der Waals surface area contributed by atoms with E-state index in [9.17, 15) is 22.8 Å². The van der Waals surface area contributed by atoms with Gasteiger partial charge in [-0.15, -0.1) is 0 Å². The number of hydrogen-bond acceptors (Lipinski definition) is 5. The first-order valence-electron chi connectivity index (χ1n) is 11.3. The SMILES string of the molecule is O=C(CN1C(=O)N[C@@H](Cc2c[nH]c3ccccc23)C1=O)N1CCN(S(=O)(=O)c2ccccc2)CC1. The Morgan fingerprint density at radius 2 is 1.63 bits per heavy atom. The summed E-state index contributed by atoms with van der Waals surface area (Å²) in [5, 5.41) is 3.65. The van der Waals surface area contributed by atoms with E-state index in [0.717, 1.165) is 21.4 Å². The molecule has 2 aromatic carbocycles. The lowest BCUT2D eigenvalue weighted by molar-refractivity contribution is -0.138. The third-order valence-electron chi connectivity index (χ3n) is 6.47. The molecule has 2 saturated heterocycles. The van der Waals surface area contributed by atoms with E-state index in [0.29, 0.717) is 6.42 Å². The molecule has 11 heteroatoms. The fraction of sp³-hybridized carbons (Fsp3) is 0.292. The number of hydrogen-bond donors (Lipinski definition) is 2. The molecule has 2 fully saturated rings. The fourth-order valence-corrected chi connectivity index (χ4v) is 5.98. The number of amides is 4. The van der Waals surface area contributed by atoms with Crippen LogP contribution in [0.5, 0.6) is 0 Å². The number of urea groups is 1. The smallest absolute Gasteiger partial charge is 0.325 e. The van der Waals surface area contributed by atoms with Crippen LogP contribution < -0.4 is 5.32 Å². The Labute approximate surface area is 202 Å². The highest BCUT2D eigenvalue weighted by atomic mass is 32.2. The molecule has 2 aliphatic heterocycles. The maximum absolute atomic E-state index is 12.9. The highest BCUT2D eigenvalue weighted by Crippen LogP contribution is 2.22. The van der Waals surface area contributed by atoms with E-state index in [-0.39, 0.29) is 37.6 Å². The minimum Gasteiger partial charge on any atom is -0.361 e. The molecular weight excluding hydrogens is 470 g/mol. The number of nitrogens with zero attached hydrogens (tertiary/aromatic N) is 3. The van der Waals surface area contributed by atoms with Crippen LogP contribution >= 0.6 is 0 Å². The van der Waals surface area contributed by atoms with Crippen LogP contribution in [0.4, 0.5) is 4.79 Å². The van der Waals surface area contributed by atoms with E-state index in [1.807, 2.05) is 30.5 Å². The summed E-state index contributed by atoms with van der Waals surface area (Å²) in [7, 11) is -3.63. The lowest BCUT2D eigenvalue weighted by atomic mass is 10.1. The zero-order chi connectivity index (χ0) is 24.6. The summed E-state index contributed by atoms with van der Waals surface area (Å²) in [6.45, 7) is 0.291.